The molecule has 1 fully saturated rings. The molecule has 0 aromatic heterocycles. The van der Waals surface area contributed by atoms with Gasteiger partial charge in [-0.05, 0) is 26.2 Å². The van der Waals surface area contributed by atoms with Crippen molar-refractivity contribution < 1.29 is 16.5 Å². The second-order valence-electron chi connectivity index (χ2n) is 3.63. The first kappa shape index (κ1) is 13.7. The first-order valence-corrected chi connectivity index (χ1v) is 11.9. The molecule has 9 heteroatoms. The standard InChI is InChI=1S/C4H16O4Si4.H3N/c1-11(2)6-9-5-10-7-12(3,4)8-11;/h9-10H2,1-4H3;1H3. The van der Waals surface area contributed by atoms with E-state index in [-0.39, 0.29) is 6.15 Å². The van der Waals surface area contributed by atoms with Crippen LogP contribution in [0.1, 0.15) is 0 Å². The molecule has 0 bridgehead atoms. The molecule has 3 N–H and O–H groups in total. The highest BCUT2D eigenvalue weighted by Gasteiger charge is 2.37. The Morgan fingerprint density at radius 3 is 1.62 bits per heavy atom. The summed E-state index contributed by atoms with van der Waals surface area (Å²) in [5, 5.41) is 0. The largest absolute Gasteiger partial charge is 0.425 e. The van der Waals surface area contributed by atoms with Gasteiger partial charge >= 0.3 is 17.1 Å². The van der Waals surface area contributed by atoms with Gasteiger partial charge in [0.25, 0.3) is 20.0 Å². The van der Waals surface area contributed by atoms with Crippen LogP contribution in [-0.2, 0) is 16.5 Å². The average molecular weight is 258 g/mol. The summed E-state index contributed by atoms with van der Waals surface area (Å²) >= 11 is 0. The molecule has 0 amide bonds. The van der Waals surface area contributed by atoms with Gasteiger partial charge in [-0.15, -0.1) is 0 Å². The lowest BCUT2D eigenvalue weighted by Gasteiger charge is -2.35. The molecule has 0 aromatic rings. The summed E-state index contributed by atoms with van der Waals surface area (Å²) in [5.74, 6) is 0. The molecule has 0 atom stereocenters. The molecule has 80 valence electrons. The van der Waals surface area contributed by atoms with Crippen molar-refractivity contribution in [2.45, 2.75) is 26.2 Å². The van der Waals surface area contributed by atoms with Crippen molar-refractivity contribution in [2.24, 2.45) is 0 Å². The smallest absolute Gasteiger partial charge is 0.313 e. The van der Waals surface area contributed by atoms with E-state index in [9.17, 15) is 0 Å². The third-order valence-electron chi connectivity index (χ3n) is 1.47. The molecular weight excluding hydrogens is 238 g/mol. The minimum atomic E-state index is -1.91. The molecule has 5 nitrogen and oxygen atoms in total. The van der Waals surface area contributed by atoms with Crippen LogP contribution in [0.25, 0.3) is 0 Å². The van der Waals surface area contributed by atoms with E-state index >= 15 is 0 Å². The van der Waals surface area contributed by atoms with Crippen LogP contribution in [0.4, 0.5) is 0 Å². The van der Waals surface area contributed by atoms with Crippen LogP contribution in [0, 0.1) is 0 Å². The second-order valence-corrected chi connectivity index (χ2v) is 14.5. The van der Waals surface area contributed by atoms with Gasteiger partial charge in [-0.25, -0.2) is 0 Å². The van der Waals surface area contributed by atoms with Gasteiger partial charge in [0.1, 0.15) is 0 Å². The Kier molecular flexibility index (Phi) is 5.20. The van der Waals surface area contributed by atoms with Gasteiger partial charge in [0, 0.05) is 0 Å². The third kappa shape index (κ3) is 5.19. The predicted octanol–water partition coefficient (Wildman–Crippen LogP) is -0.370. The Labute approximate surface area is 86.3 Å². The minimum Gasteiger partial charge on any atom is -0.425 e. The van der Waals surface area contributed by atoms with Crippen LogP contribution >= 0.6 is 0 Å². The van der Waals surface area contributed by atoms with Crippen molar-refractivity contribution in [3.63, 3.8) is 0 Å². The molecule has 1 rings (SSSR count). The van der Waals surface area contributed by atoms with E-state index in [0.29, 0.717) is 0 Å². The van der Waals surface area contributed by atoms with Crippen LogP contribution in [0.15, 0.2) is 0 Å². The van der Waals surface area contributed by atoms with Crippen LogP contribution in [0.2, 0.25) is 26.2 Å². The van der Waals surface area contributed by atoms with Crippen molar-refractivity contribution in [1.82, 2.24) is 6.15 Å². The van der Waals surface area contributed by atoms with Crippen molar-refractivity contribution in [3.8, 4) is 0 Å². The van der Waals surface area contributed by atoms with Crippen LogP contribution in [0.3, 0.4) is 0 Å². The summed E-state index contributed by atoms with van der Waals surface area (Å²) in [7, 11) is -5.44. The maximum absolute atomic E-state index is 5.89. The predicted molar refractivity (Wildman–Crippen MR) is 61.4 cm³/mol. The zero-order valence-electron chi connectivity index (χ0n) is 8.75. The van der Waals surface area contributed by atoms with E-state index in [2.05, 4.69) is 0 Å². The Morgan fingerprint density at radius 2 is 1.23 bits per heavy atom. The molecule has 0 radical (unpaired) electrons. The summed E-state index contributed by atoms with van der Waals surface area (Å²) < 4.78 is 22.5. The highest BCUT2D eigenvalue weighted by atomic mass is 28.5. The lowest BCUT2D eigenvalue weighted by molar-refractivity contribution is 0.286. The zero-order chi connectivity index (χ0) is 9.24. The quantitative estimate of drug-likeness (QED) is 0.600. The Balaban J connectivity index is 0.00000144. The molecule has 1 aliphatic heterocycles. The molecule has 1 saturated heterocycles. The summed E-state index contributed by atoms with van der Waals surface area (Å²) in [5.41, 5.74) is 0. The summed E-state index contributed by atoms with van der Waals surface area (Å²) in [6.07, 6.45) is 0. The number of rotatable bonds is 0. The van der Waals surface area contributed by atoms with E-state index in [1.54, 1.807) is 0 Å². The summed E-state index contributed by atoms with van der Waals surface area (Å²) in [4.78, 5) is 0. The van der Waals surface area contributed by atoms with E-state index in [1.807, 2.05) is 26.2 Å². The van der Waals surface area contributed by atoms with Gasteiger partial charge < -0.3 is 22.6 Å². The summed E-state index contributed by atoms with van der Waals surface area (Å²) in [6.45, 7) is 8.20. The molecule has 0 unspecified atom stereocenters. The van der Waals surface area contributed by atoms with Crippen molar-refractivity contribution in [3.05, 3.63) is 0 Å². The van der Waals surface area contributed by atoms with Gasteiger partial charge in [0.15, 0.2) is 0 Å². The van der Waals surface area contributed by atoms with E-state index in [0.717, 1.165) is 0 Å². The third-order valence-corrected chi connectivity index (χ3v) is 13.2. The first-order chi connectivity index (χ1) is 5.41. The highest BCUT2D eigenvalue weighted by Crippen LogP contribution is 2.17. The van der Waals surface area contributed by atoms with Crippen LogP contribution in [0.5, 0.6) is 0 Å². The number of hydrogen-bond acceptors (Lipinski definition) is 5. The van der Waals surface area contributed by atoms with Gasteiger partial charge in [0.05, 0.1) is 0 Å². The van der Waals surface area contributed by atoms with Crippen molar-refractivity contribution >= 4 is 37.1 Å². The Hall–Kier alpha value is 0.668. The lowest BCUT2D eigenvalue weighted by Crippen LogP contribution is -2.52. The second kappa shape index (κ2) is 4.95. The molecule has 0 saturated carbocycles. The highest BCUT2D eigenvalue weighted by molar-refractivity contribution is 6.82. The molecule has 0 aliphatic carbocycles. The fourth-order valence-corrected chi connectivity index (χ4v) is 12.0. The van der Waals surface area contributed by atoms with Crippen molar-refractivity contribution in [2.75, 3.05) is 0 Å². The Morgan fingerprint density at radius 1 is 0.846 bits per heavy atom. The first-order valence-electron chi connectivity index (χ1n) is 3.97. The van der Waals surface area contributed by atoms with Gasteiger partial charge in [-0.1, -0.05) is 0 Å². The fourth-order valence-electron chi connectivity index (χ4n) is 1.05. The molecule has 1 heterocycles. The van der Waals surface area contributed by atoms with Gasteiger partial charge in [0.2, 0.25) is 0 Å². The fraction of sp³-hybridized carbons (Fsp3) is 1.00. The van der Waals surface area contributed by atoms with Crippen LogP contribution in [-0.4, -0.2) is 37.1 Å². The van der Waals surface area contributed by atoms with Crippen molar-refractivity contribution in [1.29, 1.82) is 0 Å². The molecule has 13 heavy (non-hydrogen) atoms. The SMILES string of the molecule is C[Si]1(C)O[SiH2]O[SiH2]O[Si](C)(C)O1.N. The van der Waals surface area contributed by atoms with E-state index < -0.39 is 37.1 Å². The molecular formula is C4H19NO4Si4. The van der Waals surface area contributed by atoms with Gasteiger partial charge in [-0.2, -0.15) is 0 Å². The number of hydrogen-bond donors (Lipinski definition) is 1. The van der Waals surface area contributed by atoms with E-state index in [1.165, 1.54) is 0 Å². The monoisotopic (exact) mass is 257 g/mol. The average Bonchev–Trinajstić information content (AvgIpc) is 1.80. The topological polar surface area (TPSA) is 71.9 Å². The van der Waals surface area contributed by atoms with Gasteiger partial charge in [-0.3, -0.25) is 0 Å². The lowest BCUT2D eigenvalue weighted by atomic mass is 11.9. The minimum absolute atomic E-state index is 0. The maximum Gasteiger partial charge on any atom is 0.313 e. The van der Waals surface area contributed by atoms with Crippen LogP contribution < -0.4 is 6.15 Å². The zero-order valence-corrected chi connectivity index (χ0v) is 13.6. The normalized spacial score (nSPS) is 30.5. The molecule has 0 aromatic carbocycles. The maximum atomic E-state index is 5.89. The summed E-state index contributed by atoms with van der Waals surface area (Å²) in [6, 6.07) is 0. The molecule has 0 spiro atoms. The Bertz CT molecular complexity index is 150. The van der Waals surface area contributed by atoms with E-state index in [4.69, 9.17) is 16.5 Å². The molecule has 1 aliphatic rings.